The van der Waals surface area contributed by atoms with E-state index in [9.17, 15) is 9.18 Å². The van der Waals surface area contributed by atoms with E-state index in [1.54, 1.807) is 6.07 Å². The molecular weight excluding hydrogens is 265 g/mol. The third kappa shape index (κ3) is 5.29. The highest BCUT2D eigenvalue weighted by molar-refractivity contribution is 6.31. The fourth-order valence-electron chi connectivity index (χ4n) is 1.96. The molecular formula is C15H21ClFNO. The fraction of sp³-hybridized carbons (Fsp3) is 0.533. The van der Waals surface area contributed by atoms with Crippen molar-refractivity contribution in [2.45, 2.75) is 45.6 Å². The summed E-state index contributed by atoms with van der Waals surface area (Å²) < 4.78 is 13.6. The Kier molecular flexibility index (Phi) is 6.46. The molecule has 4 heteroatoms. The van der Waals surface area contributed by atoms with Gasteiger partial charge in [-0.25, -0.2) is 4.39 Å². The Morgan fingerprint density at radius 2 is 2.05 bits per heavy atom. The molecule has 0 bridgehead atoms. The number of carbonyl (C=O) groups is 1. The molecule has 1 rings (SSSR count). The lowest BCUT2D eigenvalue weighted by atomic mass is 9.94. The average Bonchev–Trinajstić information content (AvgIpc) is 2.33. The number of carbonyl (C=O) groups excluding carboxylic acids is 1. The van der Waals surface area contributed by atoms with Gasteiger partial charge in [-0.05, 0) is 31.9 Å². The molecule has 1 aromatic rings. The van der Waals surface area contributed by atoms with Crippen LogP contribution >= 0.6 is 11.6 Å². The topological polar surface area (TPSA) is 43.1 Å². The van der Waals surface area contributed by atoms with Crippen LogP contribution in [-0.4, -0.2) is 11.8 Å². The lowest BCUT2D eigenvalue weighted by molar-refractivity contribution is -0.122. The molecule has 2 N–H and O–H groups in total. The minimum atomic E-state index is -0.413. The zero-order valence-electron chi connectivity index (χ0n) is 11.5. The summed E-state index contributed by atoms with van der Waals surface area (Å²) in [7, 11) is 0. The smallest absolute Gasteiger partial charge is 0.140 e. The Hall–Kier alpha value is -0.930. The van der Waals surface area contributed by atoms with Crippen molar-refractivity contribution in [3.05, 3.63) is 34.6 Å². The zero-order chi connectivity index (χ0) is 14.4. The first-order valence-electron chi connectivity index (χ1n) is 6.63. The molecule has 0 saturated carbocycles. The van der Waals surface area contributed by atoms with Crippen LogP contribution in [0.3, 0.4) is 0 Å². The van der Waals surface area contributed by atoms with E-state index in [1.807, 2.05) is 13.8 Å². The molecule has 0 aromatic heterocycles. The Labute approximate surface area is 119 Å². The number of rotatable bonds is 7. The largest absolute Gasteiger partial charge is 0.328 e. The van der Waals surface area contributed by atoms with Crippen LogP contribution in [0.25, 0.3) is 0 Å². The SMILES string of the molecule is CC(N)CCCC(C)C(=O)Cc1c(F)cccc1Cl. The van der Waals surface area contributed by atoms with Crippen LogP contribution in [0.5, 0.6) is 0 Å². The third-order valence-electron chi connectivity index (χ3n) is 3.26. The van der Waals surface area contributed by atoms with Crippen molar-refractivity contribution >= 4 is 17.4 Å². The van der Waals surface area contributed by atoms with E-state index in [-0.39, 0.29) is 24.2 Å². The molecule has 0 spiro atoms. The predicted octanol–water partition coefficient (Wildman–Crippen LogP) is 3.74. The minimum absolute atomic E-state index is 0.0247. The van der Waals surface area contributed by atoms with Gasteiger partial charge in [0, 0.05) is 29.0 Å². The summed E-state index contributed by atoms with van der Waals surface area (Å²) in [6, 6.07) is 4.63. The quantitative estimate of drug-likeness (QED) is 0.829. The monoisotopic (exact) mass is 285 g/mol. The van der Waals surface area contributed by atoms with Crippen molar-refractivity contribution < 1.29 is 9.18 Å². The summed E-state index contributed by atoms with van der Waals surface area (Å²) in [5.41, 5.74) is 5.97. The number of halogens is 2. The van der Waals surface area contributed by atoms with Crippen LogP contribution in [0.15, 0.2) is 18.2 Å². The predicted molar refractivity (Wildman–Crippen MR) is 76.8 cm³/mol. The van der Waals surface area contributed by atoms with Crippen molar-refractivity contribution in [1.29, 1.82) is 0 Å². The second-order valence-corrected chi connectivity index (χ2v) is 5.56. The Morgan fingerprint density at radius 3 is 2.63 bits per heavy atom. The van der Waals surface area contributed by atoms with E-state index in [2.05, 4.69) is 0 Å². The molecule has 106 valence electrons. The maximum atomic E-state index is 13.6. The maximum Gasteiger partial charge on any atom is 0.140 e. The van der Waals surface area contributed by atoms with E-state index in [0.29, 0.717) is 10.6 Å². The van der Waals surface area contributed by atoms with Gasteiger partial charge in [0.25, 0.3) is 0 Å². The van der Waals surface area contributed by atoms with Crippen LogP contribution in [0.2, 0.25) is 5.02 Å². The van der Waals surface area contributed by atoms with E-state index in [0.717, 1.165) is 19.3 Å². The summed E-state index contributed by atoms with van der Waals surface area (Å²) in [6.45, 7) is 3.82. The number of Topliss-reactive ketones (excluding diaryl/α,β-unsaturated/α-hetero) is 1. The van der Waals surface area contributed by atoms with Crippen LogP contribution in [-0.2, 0) is 11.2 Å². The first-order valence-corrected chi connectivity index (χ1v) is 7.00. The molecule has 1 aromatic carbocycles. The van der Waals surface area contributed by atoms with Gasteiger partial charge in [0.15, 0.2) is 0 Å². The average molecular weight is 286 g/mol. The number of nitrogens with two attached hydrogens (primary N) is 1. The van der Waals surface area contributed by atoms with E-state index in [1.165, 1.54) is 12.1 Å². The molecule has 0 saturated heterocycles. The summed E-state index contributed by atoms with van der Waals surface area (Å²) in [4.78, 5) is 12.0. The molecule has 0 radical (unpaired) electrons. The van der Waals surface area contributed by atoms with Gasteiger partial charge in [0.05, 0.1) is 0 Å². The second kappa shape index (κ2) is 7.61. The molecule has 0 fully saturated rings. The molecule has 2 atom stereocenters. The van der Waals surface area contributed by atoms with E-state index in [4.69, 9.17) is 17.3 Å². The molecule has 0 aliphatic carbocycles. The highest BCUT2D eigenvalue weighted by Crippen LogP contribution is 2.22. The van der Waals surface area contributed by atoms with Gasteiger partial charge in [-0.2, -0.15) is 0 Å². The van der Waals surface area contributed by atoms with Gasteiger partial charge in [-0.1, -0.05) is 31.0 Å². The van der Waals surface area contributed by atoms with E-state index >= 15 is 0 Å². The van der Waals surface area contributed by atoms with Crippen molar-refractivity contribution in [3.8, 4) is 0 Å². The molecule has 0 heterocycles. The number of hydrogen-bond donors (Lipinski definition) is 1. The molecule has 2 unspecified atom stereocenters. The zero-order valence-corrected chi connectivity index (χ0v) is 12.2. The van der Waals surface area contributed by atoms with Crippen molar-refractivity contribution in [2.24, 2.45) is 11.7 Å². The molecule has 19 heavy (non-hydrogen) atoms. The third-order valence-corrected chi connectivity index (χ3v) is 3.61. The summed E-state index contributed by atoms with van der Waals surface area (Å²) in [5, 5.41) is 0.316. The summed E-state index contributed by atoms with van der Waals surface area (Å²) >= 11 is 5.92. The lowest BCUT2D eigenvalue weighted by Crippen LogP contribution is -2.18. The molecule has 0 amide bonds. The van der Waals surface area contributed by atoms with Gasteiger partial charge >= 0.3 is 0 Å². The normalized spacial score (nSPS) is 14.2. The lowest BCUT2D eigenvalue weighted by Gasteiger charge is -2.12. The number of ketones is 1. The van der Waals surface area contributed by atoms with Crippen molar-refractivity contribution in [2.75, 3.05) is 0 Å². The Bertz CT molecular complexity index is 414. The van der Waals surface area contributed by atoms with Gasteiger partial charge in [-0.15, -0.1) is 0 Å². The summed E-state index contributed by atoms with van der Waals surface area (Å²) in [6.07, 6.45) is 2.66. The van der Waals surface area contributed by atoms with Gasteiger partial charge in [-0.3, -0.25) is 4.79 Å². The first kappa shape index (κ1) is 16.1. The van der Waals surface area contributed by atoms with Gasteiger partial charge in [0.2, 0.25) is 0 Å². The Balaban J connectivity index is 2.54. The number of benzene rings is 1. The van der Waals surface area contributed by atoms with Gasteiger partial charge < -0.3 is 5.73 Å². The second-order valence-electron chi connectivity index (χ2n) is 5.15. The van der Waals surface area contributed by atoms with Crippen LogP contribution in [0.1, 0.15) is 38.7 Å². The standard InChI is InChI=1S/C15H21ClFNO/c1-10(5-3-6-11(2)18)15(19)9-12-13(16)7-4-8-14(12)17/h4,7-8,10-11H,3,5-6,9,18H2,1-2H3. The Morgan fingerprint density at radius 1 is 1.37 bits per heavy atom. The highest BCUT2D eigenvalue weighted by Gasteiger charge is 2.17. The fourth-order valence-corrected chi connectivity index (χ4v) is 2.19. The first-order chi connectivity index (χ1) is 8.91. The van der Waals surface area contributed by atoms with Crippen LogP contribution in [0, 0.1) is 11.7 Å². The maximum absolute atomic E-state index is 13.6. The summed E-state index contributed by atoms with van der Waals surface area (Å²) in [5.74, 6) is -0.477. The molecule has 0 aliphatic rings. The van der Waals surface area contributed by atoms with Crippen LogP contribution < -0.4 is 5.73 Å². The molecule has 0 aliphatic heterocycles. The minimum Gasteiger partial charge on any atom is -0.328 e. The van der Waals surface area contributed by atoms with Crippen molar-refractivity contribution in [1.82, 2.24) is 0 Å². The molecule has 2 nitrogen and oxygen atoms in total. The van der Waals surface area contributed by atoms with Crippen LogP contribution in [0.4, 0.5) is 4.39 Å². The van der Waals surface area contributed by atoms with E-state index < -0.39 is 5.82 Å². The van der Waals surface area contributed by atoms with Gasteiger partial charge in [0.1, 0.15) is 11.6 Å². The highest BCUT2D eigenvalue weighted by atomic mass is 35.5. The number of hydrogen-bond acceptors (Lipinski definition) is 2. The van der Waals surface area contributed by atoms with Crippen molar-refractivity contribution in [3.63, 3.8) is 0 Å².